The van der Waals surface area contributed by atoms with Crippen LogP contribution in [0.15, 0.2) is 39.5 Å². The third-order valence-electron chi connectivity index (χ3n) is 1.88. The van der Waals surface area contributed by atoms with Crippen molar-refractivity contribution in [3.05, 3.63) is 45.1 Å². The lowest BCUT2D eigenvalue weighted by atomic mass is 10.2. The van der Waals surface area contributed by atoms with Gasteiger partial charge < -0.3 is 0 Å². The van der Waals surface area contributed by atoms with Crippen LogP contribution in [0.25, 0.3) is 0 Å². The van der Waals surface area contributed by atoms with Crippen molar-refractivity contribution in [2.45, 2.75) is 0 Å². The first-order valence-corrected chi connectivity index (χ1v) is 6.15. The lowest BCUT2D eigenvalue weighted by Crippen LogP contribution is -2.14. The molecule has 0 spiro atoms. The van der Waals surface area contributed by atoms with Crippen LogP contribution in [0.5, 0.6) is 0 Å². The molecule has 0 saturated carbocycles. The van der Waals surface area contributed by atoms with Crippen molar-refractivity contribution in [3.63, 3.8) is 0 Å². The van der Waals surface area contributed by atoms with Gasteiger partial charge in [-0.15, -0.1) is 5.10 Å². The summed E-state index contributed by atoms with van der Waals surface area (Å²) in [6, 6.07) is 5.27. The second-order valence-electron chi connectivity index (χ2n) is 3.04. The molecule has 86 valence electrons. The Morgan fingerprint density at radius 3 is 2.71 bits per heavy atom. The van der Waals surface area contributed by atoms with Gasteiger partial charge in [-0.2, -0.15) is 5.10 Å². The molecule has 0 atom stereocenters. The molecule has 0 aliphatic rings. The van der Waals surface area contributed by atoms with Crippen LogP contribution in [-0.4, -0.2) is 21.1 Å². The molecule has 0 radical (unpaired) electrons. The number of carbonyl (C=O) groups is 1. The first-order valence-electron chi connectivity index (χ1n) is 4.57. The van der Waals surface area contributed by atoms with Crippen molar-refractivity contribution in [1.82, 2.24) is 15.2 Å². The van der Waals surface area contributed by atoms with Crippen LogP contribution in [-0.2, 0) is 0 Å². The van der Waals surface area contributed by atoms with Gasteiger partial charge in [-0.05, 0) is 34.1 Å². The van der Waals surface area contributed by atoms with E-state index in [1.165, 1.54) is 12.4 Å². The van der Waals surface area contributed by atoms with Crippen molar-refractivity contribution in [1.29, 1.82) is 0 Å². The van der Waals surface area contributed by atoms with Crippen LogP contribution >= 0.6 is 31.9 Å². The summed E-state index contributed by atoms with van der Waals surface area (Å²) in [6.07, 6.45) is 2.89. The second kappa shape index (κ2) is 5.33. The van der Waals surface area contributed by atoms with E-state index >= 15 is 0 Å². The lowest BCUT2D eigenvalue weighted by molar-refractivity contribution is 0.102. The third kappa shape index (κ3) is 3.07. The van der Waals surface area contributed by atoms with Crippen molar-refractivity contribution >= 4 is 43.7 Å². The molecule has 0 unspecified atom stereocenters. The maximum absolute atomic E-state index is 11.9. The average molecular weight is 358 g/mol. The number of halogens is 2. The van der Waals surface area contributed by atoms with E-state index in [1.54, 1.807) is 18.2 Å². The highest BCUT2D eigenvalue weighted by atomic mass is 79.9. The molecular formula is C10H6Br2N4O. The SMILES string of the molecule is O=C(Nc1nccnn1)c1ccc(Br)cc1Br. The number of anilines is 1. The van der Waals surface area contributed by atoms with Gasteiger partial charge in [0.15, 0.2) is 0 Å². The summed E-state index contributed by atoms with van der Waals surface area (Å²) < 4.78 is 1.58. The monoisotopic (exact) mass is 356 g/mol. The van der Waals surface area contributed by atoms with E-state index in [9.17, 15) is 4.79 Å². The van der Waals surface area contributed by atoms with Crippen LogP contribution in [0.1, 0.15) is 10.4 Å². The lowest BCUT2D eigenvalue weighted by Gasteiger charge is -2.04. The van der Waals surface area contributed by atoms with E-state index in [1.807, 2.05) is 0 Å². The zero-order valence-electron chi connectivity index (χ0n) is 8.39. The Labute approximate surface area is 114 Å². The summed E-state index contributed by atoms with van der Waals surface area (Å²) in [4.78, 5) is 15.7. The number of rotatable bonds is 2. The maximum Gasteiger partial charge on any atom is 0.259 e. The van der Waals surface area contributed by atoms with Crippen LogP contribution in [0, 0.1) is 0 Å². The summed E-state index contributed by atoms with van der Waals surface area (Å²) in [5.74, 6) is -0.121. The van der Waals surface area contributed by atoms with Gasteiger partial charge in [-0.3, -0.25) is 10.1 Å². The number of hydrogen-bond donors (Lipinski definition) is 1. The van der Waals surface area contributed by atoms with Crippen molar-refractivity contribution in [2.75, 3.05) is 5.32 Å². The molecule has 1 amide bonds. The molecule has 0 aliphatic heterocycles. The highest BCUT2D eigenvalue weighted by Gasteiger charge is 2.11. The minimum absolute atomic E-state index is 0.173. The minimum atomic E-state index is -0.294. The van der Waals surface area contributed by atoms with E-state index in [4.69, 9.17) is 0 Å². The number of hydrogen-bond acceptors (Lipinski definition) is 4. The van der Waals surface area contributed by atoms with Gasteiger partial charge in [0.1, 0.15) is 0 Å². The fourth-order valence-corrected chi connectivity index (χ4v) is 2.37. The van der Waals surface area contributed by atoms with Crippen molar-refractivity contribution < 1.29 is 4.79 Å². The summed E-state index contributed by atoms with van der Waals surface area (Å²) in [7, 11) is 0. The Hall–Kier alpha value is -1.34. The number of benzene rings is 1. The summed E-state index contributed by atoms with van der Waals surface area (Å²) >= 11 is 6.63. The first kappa shape index (κ1) is 12.1. The van der Waals surface area contributed by atoms with Crippen LogP contribution in [0.3, 0.4) is 0 Å². The van der Waals surface area contributed by atoms with Crippen molar-refractivity contribution in [3.8, 4) is 0 Å². The Balaban J connectivity index is 2.21. The highest BCUT2D eigenvalue weighted by Crippen LogP contribution is 2.22. The topological polar surface area (TPSA) is 67.8 Å². The number of carbonyl (C=O) groups excluding carboxylic acids is 1. The predicted molar refractivity (Wildman–Crippen MR) is 69.6 cm³/mol. The van der Waals surface area contributed by atoms with Crippen LogP contribution in [0.2, 0.25) is 0 Å². The number of nitrogens with zero attached hydrogens (tertiary/aromatic N) is 3. The molecule has 2 aromatic rings. The Morgan fingerprint density at radius 1 is 1.24 bits per heavy atom. The Bertz CT molecular complexity index is 547. The number of nitrogens with one attached hydrogen (secondary N) is 1. The molecule has 7 heteroatoms. The standard InChI is InChI=1S/C10H6Br2N4O/c11-6-1-2-7(8(12)5-6)9(17)15-10-13-3-4-14-16-10/h1-5H,(H,13,15,16,17). The van der Waals surface area contributed by atoms with E-state index in [0.29, 0.717) is 10.0 Å². The van der Waals surface area contributed by atoms with E-state index < -0.39 is 0 Å². The van der Waals surface area contributed by atoms with Gasteiger partial charge in [0.2, 0.25) is 5.95 Å². The molecular weight excluding hydrogens is 352 g/mol. The molecule has 0 saturated heterocycles. The van der Waals surface area contributed by atoms with Crippen LogP contribution < -0.4 is 5.32 Å². The van der Waals surface area contributed by atoms with Gasteiger partial charge in [0, 0.05) is 8.95 Å². The average Bonchev–Trinajstić information content (AvgIpc) is 2.30. The fraction of sp³-hybridized carbons (Fsp3) is 0. The largest absolute Gasteiger partial charge is 0.289 e. The highest BCUT2D eigenvalue weighted by molar-refractivity contribution is 9.11. The minimum Gasteiger partial charge on any atom is -0.289 e. The van der Waals surface area contributed by atoms with Crippen molar-refractivity contribution in [2.24, 2.45) is 0 Å². The molecule has 1 aromatic carbocycles. The normalized spacial score (nSPS) is 10.0. The van der Waals surface area contributed by atoms with E-state index in [2.05, 4.69) is 52.4 Å². The van der Waals surface area contributed by atoms with Gasteiger partial charge >= 0.3 is 0 Å². The molecule has 5 nitrogen and oxygen atoms in total. The molecule has 1 heterocycles. The maximum atomic E-state index is 11.9. The Morgan fingerprint density at radius 2 is 2.06 bits per heavy atom. The smallest absolute Gasteiger partial charge is 0.259 e. The summed E-state index contributed by atoms with van der Waals surface area (Å²) in [5.41, 5.74) is 0.501. The van der Waals surface area contributed by atoms with E-state index in [0.717, 1.165) is 4.47 Å². The Kier molecular flexibility index (Phi) is 3.80. The molecule has 1 N–H and O–H groups in total. The third-order valence-corrected chi connectivity index (χ3v) is 3.03. The molecule has 1 aromatic heterocycles. The molecule has 2 rings (SSSR count). The molecule has 0 bridgehead atoms. The zero-order valence-corrected chi connectivity index (χ0v) is 11.6. The first-order chi connectivity index (χ1) is 8.16. The number of amides is 1. The molecule has 0 aliphatic carbocycles. The summed E-state index contributed by atoms with van der Waals surface area (Å²) in [5, 5.41) is 9.84. The fourth-order valence-electron chi connectivity index (χ4n) is 1.15. The van der Waals surface area contributed by atoms with E-state index in [-0.39, 0.29) is 11.9 Å². The zero-order chi connectivity index (χ0) is 12.3. The van der Waals surface area contributed by atoms with Gasteiger partial charge in [-0.25, -0.2) is 4.98 Å². The molecule has 0 fully saturated rings. The quantitative estimate of drug-likeness (QED) is 0.897. The molecule has 17 heavy (non-hydrogen) atoms. The summed E-state index contributed by atoms with van der Waals surface area (Å²) in [6.45, 7) is 0. The second-order valence-corrected chi connectivity index (χ2v) is 4.81. The van der Waals surface area contributed by atoms with Gasteiger partial charge in [-0.1, -0.05) is 15.9 Å². The predicted octanol–water partition coefficient (Wildman–Crippen LogP) is 2.65. The van der Waals surface area contributed by atoms with Gasteiger partial charge in [0.25, 0.3) is 5.91 Å². The van der Waals surface area contributed by atoms with Gasteiger partial charge in [0.05, 0.1) is 18.0 Å². The number of aromatic nitrogens is 3. The van der Waals surface area contributed by atoms with Crippen LogP contribution in [0.4, 0.5) is 5.95 Å².